The molecule has 1 saturated heterocycles. The first-order valence-corrected chi connectivity index (χ1v) is 11.3. The Bertz CT molecular complexity index is 475. The molecule has 2 rings (SSSR count). The van der Waals surface area contributed by atoms with Crippen molar-refractivity contribution < 1.29 is 14.3 Å². The van der Waals surface area contributed by atoms with E-state index in [-0.39, 0.29) is 12.5 Å². The van der Waals surface area contributed by atoms with Gasteiger partial charge in [0.1, 0.15) is 6.54 Å². The molecule has 0 atom stereocenters. The van der Waals surface area contributed by atoms with E-state index in [0.717, 1.165) is 65.4 Å². The summed E-state index contributed by atoms with van der Waals surface area (Å²) in [5.41, 5.74) is 0. The lowest BCUT2D eigenvalue weighted by Gasteiger charge is -2.26. The zero-order valence-corrected chi connectivity index (χ0v) is 18.5. The van der Waals surface area contributed by atoms with Crippen molar-refractivity contribution in [3.63, 3.8) is 0 Å². The minimum Gasteiger partial charge on any atom is -0.379 e. The molecule has 2 aliphatic rings. The fourth-order valence-corrected chi connectivity index (χ4v) is 3.56. The van der Waals surface area contributed by atoms with E-state index in [2.05, 4.69) is 20.5 Å². The van der Waals surface area contributed by atoms with Gasteiger partial charge in [-0.15, -0.1) is 0 Å². The zero-order valence-electron chi connectivity index (χ0n) is 18.5. The zero-order chi connectivity index (χ0) is 20.7. The Kier molecular flexibility index (Phi) is 12.0. The molecule has 0 unspecified atom stereocenters. The molecule has 2 N–H and O–H groups in total. The van der Waals surface area contributed by atoms with Crippen LogP contribution in [0.5, 0.6) is 0 Å². The third-order valence-electron chi connectivity index (χ3n) is 5.44. The summed E-state index contributed by atoms with van der Waals surface area (Å²) in [4.78, 5) is 20.3. The second-order valence-electron chi connectivity index (χ2n) is 8.10. The van der Waals surface area contributed by atoms with Crippen molar-refractivity contribution in [1.29, 1.82) is 0 Å². The summed E-state index contributed by atoms with van der Waals surface area (Å²) >= 11 is 0. The molecule has 1 amide bonds. The monoisotopic (exact) mass is 411 g/mol. The molecule has 0 aromatic carbocycles. The van der Waals surface area contributed by atoms with E-state index < -0.39 is 0 Å². The van der Waals surface area contributed by atoms with Crippen LogP contribution in [0, 0.1) is 0 Å². The number of morpholine rings is 1. The van der Waals surface area contributed by atoms with Gasteiger partial charge in [-0.05, 0) is 32.2 Å². The molecule has 2 fully saturated rings. The van der Waals surface area contributed by atoms with Crippen LogP contribution in [-0.2, 0) is 14.3 Å². The maximum atomic E-state index is 11.9. The number of carbonyl (C=O) groups excluding carboxylic acids is 1. The van der Waals surface area contributed by atoms with Gasteiger partial charge in [-0.3, -0.25) is 9.69 Å². The minimum absolute atomic E-state index is 0.0000450. The van der Waals surface area contributed by atoms with Crippen molar-refractivity contribution in [3.05, 3.63) is 0 Å². The second kappa shape index (κ2) is 14.6. The summed E-state index contributed by atoms with van der Waals surface area (Å²) < 4.78 is 11.4. The average Bonchev–Trinajstić information content (AvgIpc) is 2.75. The van der Waals surface area contributed by atoms with Crippen LogP contribution in [0.2, 0.25) is 0 Å². The number of nitrogens with one attached hydrogen (secondary N) is 2. The molecule has 0 aromatic heterocycles. The summed E-state index contributed by atoms with van der Waals surface area (Å²) in [6, 6.07) is 0. The van der Waals surface area contributed by atoms with E-state index in [4.69, 9.17) is 9.47 Å². The van der Waals surface area contributed by atoms with E-state index >= 15 is 0 Å². The Balaban J connectivity index is 1.64. The van der Waals surface area contributed by atoms with E-state index in [1.165, 1.54) is 32.1 Å². The molecule has 168 valence electrons. The van der Waals surface area contributed by atoms with Crippen LogP contribution in [0.4, 0.5) is 0 Å². The van der Waals surface area contributed by atoms with Gasteiger partial charge in [0, 0.05) is 46.9 Å². The molecule has 0 bridgehead atoms. The van der Waals surface area contributed by atoms with Crippen LogP contribution < -0.4 is 10.6 Å². The maximum absolute atomic E-state index is 11.9. The molecular formula is C21H41N5O3. The standard InChI is InChI=1S/C21H41N5O3/c1-25(2)20(27)18-24-21(22-10-6-12-26-13-16-28-17-14-26)23-11-7-15-29-19-8-4-3-5-9-19/h19H,3-18H2,1-2H3,(H2,22,23,24). The van der Waals surface area contributed by atoms with Gasteiger partial charge in [-0.1, -0.05) is 19.3 Å². The van der Waals surface area contributed by atoms with Gasteiger partial charge in [0.2, 0.25) is 5.91 Å². The lowest BCUT2D eigenvalue weighted by molar-refractivity contribution is -0.127. The van der Waals surface area contributed by atoms with Crippen LogP contribution in [0.15, 0.2) is 4.99 Å². The van der Waals surface area contributed by atoms with Gasteiger partial charge in [0.05, 0.1) is 19.3 Å². The number of likely N-dealkylation sites (N-methyl/N-ethyl adjacent to an activating group) is 1. The minimum atomic E-state index is 0.0000450. The highest BCUT2D eigenvalue weighted by atomic mass is 16.5. The SMILES string of the molecule is CN(C)C(=O)CN=C(NCCCOC1CCCCC1)NCCCN1CCOCC1. The van der Waals surface area contributed by atoms with Crippen LogP contribution >= 0.6 is 0 Å². The molecule has 1 aliphatic carbocycles. The Morgan fingerprint density at radius 1 is 1.10 bits per heavy atom. The predicted molar refractivity (Wildman–Crippen MR) is 116 cm³/mol. The lowest BCUT2D eigenvalue weighted by atomic mass is 9.98. The van der Waals surface area contributed by atoms with Crippen LogP contribution in [0.25, 0.3) is 0 Å². The number of hydrogen-bond acceptors (Lipinski definition) is 5. The first-order valence-electron chi connectivity index (χ1n) is 11.3. The molecule has 29 heavy (non-hydrogen) atoms. The molecule has 8 nitrogen and oxygen atoms in total. The number of rotatable bonds is 11. The number of nitrogens with zero attached hydrogens (tertiary/aromatic N) is 3. The number of amides is 1. The summed E-state index contributed by atoms with van der Waals surface area (Å²) in [5.74, 6) is 0.708. The smallest absolute Gasteiger partial charge is 0.243 e. The Morgan fingerprint density at radius 3 is 2.48 bits per heavy atom. The number of ether oxygens (including phenoxy) is 2. The first-order chi connectivity index (χ1) is 14.1. The molecular weight excluding hydrogens is 370 g/mol. The molecule has 1 heterocycles. The van der Waals surface area contributed by atoms with E-state index in [9.17, 15) is 4.79 Å². The quantitative estimate of drug-likeness (QED) is 0.301. The predicted octanol–water partition coefficient (Wildman–Crippen LogP) is 1.07. The molecule has 1 aliphatic heterocycles. The van der Waals surface area contributed by atoms with Gasteiger partial charge >= 0.3 is 0 Å². The number of carbonyl (C=O) groups is 1. The molecule has 8 heteroatoms. The molecule has 0 spiro atoms. The van der Waals surface area contributed by atoms with Crippen molar-refractivity contribution in [2.24, 2.45) is 4.99 Å². The maximum Gasteiger partial charge on any atom is 0.243 e. The highest BCUT2D eigenvalue weighted by Crippen LogP contribution is 2.20. The van der Waals surface area contributed by atoms with Crippen molar-refractivity contribution in [2.45, 2.75) is 51.0 Å². The normalized spacial score (nSPS) is 19.2. The van der Waals surface area contributed by atoms with Gasteiger partial charge in [0.25, 0.3) is 0 Å². The number of aliphatic imine (C=N–C) groups is 1. The second-order valence-corrected chi connectivity index (χ2v) is 8.10. The summed E-state index contributed by atoms with van der Waals surface area (Å²) in [6.45, 7) is 7.29. The van der Waals surface area contributed by atoms with E-state index in [1.807, 2.05) is 0 Å². The van der Waals surface area contributed by atoms with Crippen molar-refractivity contribution in [2.75, 3.05) is 73.2 Å². The topological polar surface area (TPSA) is 78.4 Å². The van der Waals surface area contributed by atoms with Gasteiger partial charge in [-0.2, -0.15) is 0 Å². The van der Waals surface area contributed by atoms with E-state index in [1.54, 1.807) is 19.0 Å². The summed E-state index contributed by atoms with van der Waals surface area (Å²) in [6.07, 6.45) is 8.79. The van der Waals surface area contributed by atoms with Crippen molar-refractivity contribution in [3.8, 4) is 0 Å². The number of hydrogen-bond donors (Lipinski definition) is 2. The first kappa shape index (κ1) is 23.9. The van der Waals surface area contributed by atoms with Crippen LogP contribution in [0.3, 0.4) is 0 Å². The third kappa shape index (κ3) is 10.8. The lowest BCUT2D eigenvalue weighted by Crippen LogP contribution is -2.41. The number of guanidine groups is 1. The Hall–Kier alpha value is -1.38. The Morgan fingerprint density at radius 2 is 1.79 bits per heavy atom. The summed E-state index contributed by atoms with van der Waals surface area (Å²) in [5, 5.41) is 6.71. The average molecular weight is 412 g/mol. The Labute approximate surface area is 176 Å². The third-order valence-corrected chi connectivity index (χ3v) is 5.44. The largest absolute Gasteiger partial charge is 0.379 e. The van der Waals surface area contributed by atoms with Crippen LogP contribution in [0.1, 0.15) is 44.9 Å². The summed E-state index contributed by atoms with van der Waals surface area (Å²) in [7, 11) is 3.51. The van der Waals surface area contributed by atoms with Gasteiger partial charge in [-0.25, -0.2) is 4.99 Å². The highest BCUT2D eigenvalue weighted by molar-refractivity contribution is 5.84. The van der Waals surface area contributed by atoms with Crippen LogP contribution in [-0.4, -0.2) is 101 Å². The van der Waals surface area contributed by atoms with Gasteiger partial charge < -0.3 is 25.0 Å². The van der Waals surface area contributed by atoms with Gasteiger partial charge in [0.15, 0.2) is 5.96 Å². The van der Waals surface area contributed by atoms with Crippen molar-refractivity contribution in [1.82, 2.24) is 20.4 Å². The van der Waals surface area contributed by atoms with Crippen molar-refractivity contribution >= 4 is 11.9 Å². The fraction of sp³-hybridized carbons (Fsp3) is 0.905. The highest BCUT2D eigenvalue weighted by Gasteiger charge is 2.13. The molecule has 0 aromatic rings. The van der Waals surface area contributed by atoms with E-state index in [0.29, 0.717) is 12.1 Å². The molecule has 0 radical (unpaired) electrons. The fourth-order valence-electron chi connectivity index (χ4n) is 3.56. The molecule has 1 saturated carbocycles.